The van der Waals surface area contributed by atoms with Crippen LogP contribution >= 0.6 is 0 Å². The van der Waals surface area contributed by atoms with Crippen LogP contribution in [0.15, 0.2) is 0 Å². The van der Waals surface area contributed by atoms with E-state index in [0.717, 1.165) is 0 Å². The number of rotatable bonds is 10. The number of aliphatic hydroxyl groups is 1. The SMILES string of the molecule is CC(C)C(NC(=O)C(CO)NC(=O)C(N)CC(=O)O)C(=O)N1CCCC1C(=O)O. The van der Waals surface area contributed by atoms with E-state index in [1.807, 2.05) is 0 Å². The summed E-state index contributed by atoms with van der Waals surface area (Å²) in [4.78, 5) is 60.3. The number of carbonyl (C=O) groups excluding carboxylic acids is 3. The van der Waals surface area contributed by atoms with Crippen molar-refractivity contribution in [2.45, 2.75) is 57.3 Å². The molecule has 3 amide bonds. The van der Waals surface area contributed by atoms with Gasteiger partial charge in [-0.25, -0.2) is 4.79 Å². The second kappa shape index (κ2) is 10.7. The van der Waals surface area contributed by atoms with Crippen LogP contribution in [0.2, 0.25) is 0 Å². The van der Waals surface area contributed by atoms with Crippen LogP contribution in [0.25, 0.3) is 0 Å². The maximum Gasteiger partial charge on any atom is 0.326 e. The van der Waals surface area contributed by atoms with Crippen molar-refractivity contribution < 1.29 is 39.3 Å². The zero-order chi connectivity index (χ0) is 22.3. The maximum absolute atomic E-state index is 12.8. The van der Waals surface area contributed by atoms with Gasteiger partial charge in [0.25, 0.3) is 0 Å². The molecule has 0 aliphatic carbocycles. The van der Waals surface area contributed by atoms with Crippen molar-refractivity contribution in [3.8, 4) is 0 Å². The number of nitrogens with one attached hydrogen (secondary N) is 2. The summed E-state index contributed by atoms with van der Waals surface area (Å²) < 4.78 is 0. The third kappa shape index (κ3) is 6.68. The summed E-state index contributed by atoms with van der Waals surface area (Å²) in [7, 11) is 0. The molecule has 1 fully saturated rings. The number of carbonyl (C=O) groups is 5. The molecule has 0 saturated carbocycles. The number of carboxylic acid groups (broad SMARTS) is 2. The fraction of sp³-hybridized carbons (Fsp3) is 0.706. The number of aliphatic hydroxyl groups excluding tert-OH is 1. The van der Waals surface area contributed by atoms with Gasteiger partial charge in [0.1, 0.15) is 18.1 Å². The molecule has 12 heteroatoms. The third-order valence-electron chi connectivity index (χ3n) is 4.60. The predicted octanol–water partition coefficient (Wildman–Crippen LogP) is -2.52. The highest BCUT2D eigenvalue weighted by molar-refractivity contribution is 5.95. The Morgan fingerprint density at radius 1 is 1.10 bits per heavy atom. The number of hydrogen-bond acceptors (Lipinski definition) is 7. The first-order valence-corrected chi connectivity index (χ1v) is 9.21. The molecule has 1 heterocycles. The Bertz CT molecular complexity index is 653. The van der Waals surface area contributed by atoms with E-state index in [2.05, 4.69) is 10.6 Å². The number of nitrogens with two attached hydrogens (primary N) is 1. The van der Waals surface area contributed by atoms with E-state index in [1.165, 1.54) is 4.90 Å². The monoisotopic (exact) mass is 416 g/mol. The van der Waals surface area contributed by atoms with Crippen LogP contribution in [0.4, 0.5) is 0 Å². The highest BCUT2D eigenvalue weighted by atomic mass is 16.4. The summed E-state index contributed by atoms with van der Waals surface area (Å²) in [6.45, 7) is 2.75. The lowest BCUT2D eigenvalue weighted by Gasteiger charge is -2.30. The average molecular weight is 416 g/mol. The minimum Gasteiger partial charge on any atom is -0.481 e. The summed E-state index contributed by atoms with van der Waals surface area (Å²) in [5.74, 6) is -5.21. The first-order chi connectivity index (χ1) is 13.5. The summed E-state index contributed by atoms with van der Waals surface area (Å²) >= 11 is 0. The normalized spacial score (nSPS) is 19.3. The Balaban J connectivity index is 2.84. The van der Waals surface area contributed by atoms with Crippen molar-refractivity contribution >= 4 is 29.7 Å². The van der Waals surface area contributed by atoms with E-state index >= 15 is 0 Å². The number of amides is 3. The molecule has 12 nitrogen and oxygen atoms in total. The van der Waals surface area contributed by atoms with Crippen LogP contribution in [0.3, 0.4) is 0 Å². The maximum atomic E-state index is 12.8. The second-order valence-electron chi connectivity index (χ2n) is 7.21. The molecule has 0 spiro atoms. The molecular weight excluding hydrogens is 388 g/mol. The van der Waals surface area contributed by atoms with E-state index in [-0.39, 0.29) is 6.54 Å². The zero-order valence-electron chi connectivity index (χ0n) is 16.3. The largest absolute Gasteiger partial charge is 0.481 e. The highest BCUT2D eigenvalue weighted by Gasteiger charge is 2.39. The number of likely N-dealkylation sites (tertiary alicyclic amines) is 1. The first-order valence-electron chi connectivity index (χ1n) is 9.21. The summed E-state index contributed by atoms with van der Waals surface area (Å²) in [6, 6.07) is -4.91. The fourth-order valence-corrected chi connectivity index (χ4v) is 2.99. The van der Waals surface area contributed by atoms with Gasteiger partial charge in [-0.1, -0.05) is 13.8 Å². The second-order valence-corrected chi connectivity index (χ2v) is 7.21. The van der Waals surface area contributed by atoms with Crippen molar-refractivity contribution in [1.29, 1.82) is 0 Å². The highest BCUT2D eigenvalue weighted by Crippen LogP contribution is 2.20. The number of hydrogen-bond donors (Lipinski definition) is 6. The van der Waals surface area contributed by atoms with Crippen LogP contribution in [0.1, 0.15) is 33.1 Å². The van der Waals surface area contributed by atoms with E-state index in [1.54, 1.807) is 13.8 Å². The van der Waals surface area contributed by atoms with E-state index in [4.69, 9.17) is 10.8 Å². The summed E-state index contributed by atoms with van der Waals surface area (Å²) in [5.41, 5.74) is 5.42. The Morgan fingerprint density at radius 3 is 2.21 bits per heavy atom. The predicted molar refractivity (Wildman–Crippen MR) is 98.4 cm³/mol. The topological polar surface area (TPSA) is 199 Å². The van der Waals surface area contributed by atoms with Crippen LogP contribution in [-0.2, 0) is 24.0 Å². The summed E-state index contributed by atoms with van der Waals surface area (Å²) in [5, 5.41) is 31.9. The quantitative estimate of drug-likeness (QED) is 0.222. The van der Waals surface area contributed by atoms with Gasteiger partial charge in [-0.2, -0.15) is 0 Å². The molecule has 1 aliphatic heterocycles. The van der Waals surface area contributed by atoms with Gasteiger partial charge in [0, 0.05) is 6.54 Å². The van der Waals surface area contributed by atoms with Crippen LogP contribution in [0.5, 0.6) is 0 Å². The van der Waals surface area contributed by atoms with Gasteiger partial charge in [-0.15, -0.1) is 0 Å². The molecule has 1 saturated heterocycles. The van der Waals surface area contributed by atoms with Gasteiger partial charge < -0.3 is 36.6 Å². The molecule has 0 radical (unpaired) electrons. The van der Waals surface area contributed by atoms with Crippen molar-refractivity contribution in [2.75, 3.05) is 13.2 Å². The molecule has 164 valence electrons. The van der Waals surface area contributed by atoms with E-state index in [0.29, 0.717) is 12.8 Å². The van der Waals surface area contributed by atoms with Gasteiger partial charge in [0.15, 0.2) is 0 Å². The molecule has 0 aromatic rings. The van der Waals surface area contributed by atoms with Gasteiger partial charge in [0.05, 0.1) is 19.1 Å². The number of nitrogens with zero attached hydrogens (tertiary/aromatic N) is 1. The fourth-order valence-electron chi connectivity index (χ4n) is 2.99. The van der Waals surface area contributed by atoms with Gasteiger partial charge in [0.2, 0.25) is 17.7 Å². The molecule has 4 atom stereocenters. The minimum atomic E-state index is -1.45. The number of carboxylic acids is 2. The standard InChI is InChI=1S/C17H28N4O8/c1-8(2)13(16(27)21-5-3-4-11(21)17(28)29)20-15(26)10(7-22)19-14(25)9(18)6-12(23)24/h8-11,13,22H,3-7,18H2,1-2H3,(H,19,25)(H,20,26)(H,23,24)(H,28,29). The first kappa shape index (κ1) is 24.3. The average Bonchev–Trinajstić information content (AvgIpc) is 3.12. The Morgan fingerprint density at radius 2 is 1.72 bits per heavy atom. The van der Waals surface area contributed by atoms with Crippen molar-refractivity contribution in [3.05, 3.63) is 0 Å². The van der Waals surface area contributed by atoms with Gasteiger partial charge in [-0.3, -0.25) is 19.2 Å². The molecule has 0 aromatic heterocycles. The Kier molecular flexibility index (Phi) is 8.98. The lowest BCUT2D eigenvalue weighted by molar-refractivity contribution is -0.150. The Hall–Kier alpha value is -2.73. The zero-order valence-corrected chi connectivity index (χ0v) is 16.3. The molecule has 0 aromatic carbocycles. The lowest BCUT2D eigenvalue weighted by Crippen LogP contribution is -2.59. The van der Waals surface area contributed by atoms with Gasteiger partial charge >= 0.3 is 11.9 Å². The van der Waals surface area contributed by atoms with Gasteiger partial charge in [-0.05, 0) is 18.8 Å². The smallest absolute Gasteiger partial charge is 0.326 e. The third-order valence-corrected chi connectivity index (χ3v) is 4.60. The minimum absolute atomic E-state index is 0.249. The molecule has 7 N–H and O–H groups in total. The lowest BCUT2D eigenvalue weighted by atomic mass is 10.0. The molecular formula is C17H28N4O8. The molecule has 0 bridgehead atoms. The Labute approximate surface area is 167 Å². The summed E-state index contributed by atoms with van der Waals surface area (Å²) in [6.07, 6.45) is 0.180. The van der Waals surface area contributed by atoms with Crippen molar-refractivity contribution in [2.24, 2.45) is 11.7 Å². The molecule has 1 aliphatic rings. The van der Waals surface area contributed by atoms with Crippen LogP contribution < -0.4 is 16.4 Å². The van der Waals surface area contributed by atoms with Crippen LogP contribution in [0, 0.1) is 5.92 Å². The van der Waals surface area contributed by atoms with Crippen molar-refractivity contribution in [3.63, 3.8) is 0 Å². The van der Waals surface area contributed by atoms with E-state index < -0.39 is 72.8 Å². The van der Waals surface area contributed by atoms with E-state index in [9.17, 15) is 34.2 Å². The molecule has 4 unspecified atom stereocenters. The van der Waals surface area contributed by atoms with Crippen molar-refractivity contribution in [1.82, 2.24) is 15.5 Å². The van der Waals surface area contributed by atoms with Crippen LogP contribution in [-0.4, -0.2) is 87.2 Å². The molecule has 29 heavy (non-hydrogen) atoms. The molecule has 1 rings (SSSR count). The number of aliphatic carboxylic acids is 2.